The molecule has 0 radical (unpaired) electrons. The molecular weight excluding hydrogens is 230 g/mol. The molecule has 0 amide bonds. The van der Waals surface area contributed by atoms with Gasteiger partial charge in [-0.2, -0.15) is 0 Å². The average molecular weight is 263 g/mol. The van der Waals surface area contributed by atoms with E-state index in [4.69, 9.17) is 5.73 Å². The summed E-state index contributed by atoms with van der Waals surface area (Å²) in [5, 5.41) is 0. The molecule has 0 saturated heterocycles. The van der Waals surface area contributed by atoms with Crippen molar-refractivity contribution < 1.29 is 0 Å². The van der Waals surface area contributed by atoms with Gasteiger partial charge in [0.05, 0.1) is 0 Å². The molecule has 0 aliphatic heterocycles. The third-order valence-electron chi connectivity index (χ3n) is 3.15. The van der Waals surface area contributed by atoms with Gasteiger partial charge in [-0.1, -0.05) is 76.0 Å². The van der Waals surface area contributed by atoms with E-state index in [1.54, 1.807) is 0 Å². The lowest BCUT2D eigenvalue weighted by Crippen LogP contribution is -2.18. The number of allylic oxidation sites excluding steroid dienone is 5. The number of unbranched alkanes of at least 4 members (excludes halogenated alkanes) is 3. The Balaban J connectivity index is 3.43. The number of nitrogens with two attached hydrogens (primary N) is 1. The van der Waals surface area contributed by atoms with Crippen LogP contribution in [0.2, 0.25) is 0 Å². The summed E-state index contributed by atoms with van der Waals surface area (Å²) in [6, 6.07) is 0.351. The number of hydrogen-bond donors (Lipinski definition) is 1. The van der Waals surface area contributed by atoms with Crippen molar-refractivity contribution in [3.05, 3.63) is 36.5 Å². The molecule has 0 aromatic rings. The minimum atomic E-state index is 0.351. The summed E-state index contributed by atoms with van der Waals surface area (Å²) in [6.07, 6.45) is 24.0. The van der Waals surface area contributed by atoms with Crippen molar-refractivity contribution in [1.82, 2.24) is 0 Å². The number of hydrogen-bond acceptors (Lipinski definition) is 1. The van der Waals surface area contributed by atoms with Crippen molar-refractivity contribution in [2.24, 2.45) is 5.73 Å². The molecule has 1 nitrogen and oxygen atoms in total. The zero-order valence-corrected chi connectivity index (χ0v) is 13.0. The van der Waals surface area contributed by atoms with Crippen LogP contribution in [0.5, 0.6) is 0 Å². The maximum Gasteiger partial charge on any atom is 0.00734 e. The van der Waals surface area contributed by atoms with Gasteiger partial charge in [0.25, 0.3) is 0 Å². The van der Waals surface area contributed by atoms with Gasteiger partial charge in [0.2, 0.25) is 0 Å². The molecule has 0 rings (SSSR count). The lowest BCUT2D eigenvalue weighted by Gasteiger charge is -2.07. The molecule has 0 aromatic carbocycles. The Labute approximate surface area is 120 Å². The smallest absolute Gasteiger partial charge is 0.00734 e. The molecular formula is C18H33N. The summed E-state index contributed by atoms with van der Waals surface area (Å²) in [5.41, 5.74) is 6.07. The van der Waals surface area contributed by atoms with Crippen molar-refractivity contribution in [3.8, 4) is 0 Å². The Morgan fingerprint density at radius 2 is 1.42 bits per heavy atom. The Kier molecular flexibility index (Phi) is 14.6. The van der Waals surface area contributed by atoms with Crippen LogP contribution in [0.3, 0.4) is 0 Å². The van der Waals surface area contributed by atoms with Crippen LogP contribution in [0.15, 0.2) is 36.5 Å². The van der Waals surface area contributed by atoms with Crippen LogP contribution < -0.4 is 5.73 Å². The fourth-order valence-corrected chi connectivity index (χ4v) is 1.93. The second kappa shape index (κ2) is 15.2. The maximum atomic E-state index is 6.07. The summed E-state index contributed by atoms with van der Waals surface area (Å²) < 4.78 is 0. The van der Waals surface area contributed by atoms with Crippen molar-refractivity contribution in [2.75, 3.05) is 0 Å². The highest BCUT2D eigenvalue weighted by molar-refractivity contribution is 4.97. The quantitative estimate of drug-likeness (QED) is 0.363. The van der Waals surface area contributed by atoms with Gasteiger partial charge in [0, 0.05) is 6.04 Å². The van der Waals surface area contributed by atoms with Crippen LogP contribution in [0.25, 0.3) is 0 Å². The SMILES string of the molecule is CC/C=C\C/C=C\C/C=C\CC(N)CCCCCC. The van der Waals surface area contributed by atoms with Crippen LogP contribution in [-0.4, -0.2) is 6.04 Å². The van der Waals surface area contributed by atoms with E-state index in [0.717, 1.165) is 25.7 Å². The minimum Gasteiger partial charge on any atom is -0.327 e. The molecule has 0 heterocycles. The highest BCUT2D eigenvalue weighted by Crippen LogP contribution is 2.07. The molecule has 0 fully saturated rings. The van der Waals surface area contributed by atoms with Gasteiger partial charge in [0.1, 0.15) is 0 Å². The predicted molar refractivity (Wildman–Crippen MR) is 88.3 cm³/mol. The zero-order valence-electron chi connectivity index (χ0n) is 13.0. The van der Waals surface area contributed by atoms with E-state index in [-0.39, 0.29) is 0 Å². The number of rotatable bonds is 12. The monoisotopic (exact) mass is 263 g/mol. The molecule has 0 aromatic heterocycles. The predicted octanol–water partition coefficient (Wildman–Crippen LogP) is 5.53. The summed E-state index contributed by atoms with van der Waals surface area (Å²) in [4.78, 5) is 0. The van der Waals surface area contributed by atoms with E-state index in [1.807, 2.05) is 0 Å². The fourth-order valence-electron chi connectivity index (χ4n) is 1.93. The van der Waals surface area contributed by atoms with Gasteiger partial charge < -0.3 is 5.73 Å². The largest absolute Gasteiger partial charge is 0.327 e. The van der Waals surface area contributed by atoms with Gasteiger partial charge in [-0.05, 0) is 32.1 Å². The second-order valence-corrected chi connectivity index (χ2v) is 5.14. The molecule has 0 aliphatic rings. The lowest BCUT2D eigenvalue weighted by atomic mass is 10.1. The third kappa shape index (κ3) is 15.1. The molecule has 1 atom stereocenters. The molecule has 0 spiro atoms. The Morgan fingerprint density at radius 1 is 0.789 bits per heavy atom. The maximum absolute atomic E-state index is 6.07. The molecule has 110 valence electrons. The highest BCUT2D eigenvalue weighted by atomic mass is 14.6. The van der Waals surface area contributed by atoms with Gasteiger partial charge in [-0.3, -0.25) is 0 Å². The lowest BCUT2D eigenvalue weighted by molar-refractivity contribution is 0.551. The average Bonchev–Trinajstić information content (AvgIpc) is 2.42. The third-order valence-corrected chi connectivity index (χ3v) is 3.15. The molecule has 0 saturated carbocycles. The van der Waals surface area contributed by atoms with Gasteiger partial charge >= 0.3 is 0 Å². The van der Waals surface area contributed by atoms with Crippen LogP contribution in [0.4, 0.5) is 0 Å². The summed E-state index contributed by atoms with van der Waals surface area (Å²) in [7, 11) is 0. The second-order valence-electron chi connectivity index (χ2n) is 5.14. The molecule has 1 unspecified atom stereocenters. The Bertz CT molecular complexity index is 250. The first-order valence-electron chi connectivity index (χ1n) is 8.01. The van der Waals surface area contributed by atoms with Crippen LogP contribution in [-0.2, 0) is 0 Å². The minimum absolute atomic E-state index is 0.351. The fraction of sp³-hybridized carbons (Fsp3) is 0.667. The standard InChI is InChI=1S/C18H33N/c1-3-5-7-9-10-11-12-13-15-17-18(19)16-14-8-6-4-2/h5,7,10-11,13,15,18H,3-4,6,8-9,12,14,16-17,19H2,1-2H3/b7-5-,11-10-,15-13-. The Morgan fingerprint density at radius 3 is 2.05 bits per heavy atom. The molecule has 0 aliphatic carbocycles. The van der Waals surface area contributed by atoms with E-state index in [0.29, 0.717) is 6.04 Å². The molecule has 2 N–H and O–H groups in total. The van der Waals surface area contributed by atoms with E-state index >= 15 is 0 Å². The normalized spacial score (nSPS) is 14.1. The highest BCUT2D eigenvalue weighted by Gasteiger charge is 1.98. The van der Waals surface area contributed by atoms with Crippen LogP contribution in [0.1, 0.15) is 71.6 Å². The summed E-state index contributed by atoms with van der Waals surface area (Å²) >= 11 is 0. The molecule has 19 heavy (non-hydrogen) atoms. The van der Waals surface area contributed by atoms with Crippen LogP contribution >= 0.6 is 0 Å². The van der Waals surface area contributed by atoms with Crippen molar-refractivity contribution in [3.63, 3.8) is 0 Å². The van der Waals surface area contributed by atoms with E-state index < -0.39 is 0 Å². The summed E-state index contributed by atoms with van der Waals surface area (Å²) in [6.45, 7) is 4.41. The first-order valence-corrected chi connectivity index (χ1v) is 8.01. The first-order chi connectivity index (χ1) is 9.31. The van der Waals surface area contributed by atoms with Gasteiger partial charge in [-0.15, -0.1) is 0 Å². The summed E-state index contributed by atoms with van der Waals surface area (Å²) in [5.74, 6) is 0. The van der Waals surface area contributed by atoms with E-state index in [9.17, 15) is 0 Å². The molecule has 0 bridgehead atoms. The topological polar surface area (TPSA) is 26.0 Å². The van der Waals surface area contributed by atoms with Crippen molar-refractivity contribution in [2.45, 2.75) is 77.7 Å². The van der Waals surface area contributed by atoms with Crippen LogP contribution in [0, 0.1) is 0 Å². The van der Waals surface area contributed by atoms with Crippen molar-refractivity contribution in [1.29, 1.82) is 0 Å². The van der Waals surface area contributed by atoms with Crippen molar-refractivity contribution >= 4 is 0 Å². The first kappa shape index (κ1) is 18.2. The van der Waals surface area contributed by atoms with E-state index in [2.05, 4.69) is 50.3 Å². The van der Waals surface area contributed by atoms with Gasteiger partial charge in [0.15, 0.2) is 0 Å². The van der Waals surface area contributed by atoms with Gasteiger partial charge in [-0.25, -0.2) is 0 Å². The van der Waals surface area contributed by atoms with E-state index in [1.165, 1.54) is 32.1 Å². The molecule has 1 heteroatoms. The zero-order chi connectivity index (χ0) is 14.2. The Hall–Kier alpha value is -0.820.